The summed E-state index contributed by atoms with van der Waals surface area (Å²) >= 11 is 0. The van der Waals surface area contributed by atoms with E-state index in [0.717, 1.165) is 27.4 Å². The maximum absolute atomic E-state index is 14.9. The van der Waals surface area contributed by atoms with Gasteiger partial charge >= 0.3 is 0 Å². The Hall–Kier alpha value is -7.66. The molecule has 61 heavy (non-hydrogen) atoms. The van der Waals surface area contributed by atoms with Gasteiger partial charge in [-0.05, 0) is 108 Å². The Morgan fingerprint density at radius 2 is 1.08 bits per heavy atom. The van der Waals surface area contributed by atoms with Gasteiger partial charge in [-0.25, -0.2) is 9.97 Å². The fourth-order valence-electron chi connectivity index (χ4n) is 10.5. The normalized spacial score (nSPS) is 23.5. The molecular weight excluding hydrogens is 769 g/mol. The van der Waals surface area contributed by atoms with Crippen LogP contribution in [0.25, 0.3) is 55.9 Å². The number of amides is 4. The molecule has 0 unspecified atom stereocenters. The van der Waals surface area contributed by atoms with Crippen LogP contribution in [0.1, 0.15) is 24.3 Å². The standard InChI is InChI=1S/C50H34N4O7/c55-38-24-17-26-7-1-2-8-31(26)42(38)43-32-22-23-33-41(49(58)53(47(33)56)29-18-13-27(14-19-29)45-51-36-9-3-5-11-39(36)60-45)34(32)25-35-44(43)50(59)54(48(35)57)30-20-15-28(16-21-30)46-52-37-10-4-6-12-40(37)61-46/h1-22,24,33-35,41,43-44,55H,23,25H2/t33-,34+,35+,41-,43+,44+/m0/s1. The topological polar surface area (TPSA) is 147 Å². The maximum Gasteiger partial charge on any atom is 0.238 e. The van der Waals surface area contributed by atoms with Crippen LogP contribution in [0.15, 0.2) is 154 Å². The van der Waals surface area contributed by atoms with Crippen molar-refractivity contribution in [2.45, 2.75) is 18.8 Å². The summed E-state index contributed by atoms with van der Waals surface area (Å²) < 4.78 is 11.9. The van der Waals surface area contributed by atoms with Crippen LogP contribution < -0.4 is 9.80 Å². The van der Waals surface area contributed by atoms with Crippen molar-refractivity contribution in [1.29, 1.82) is 0 Å². The molecule has 6 aromatic carbocycles. The average molecular weight is 803 g/mol. The summed E-state index contributed by atoms with van der Waals surface area (Å²) in [4.78, 5) is 70.4. The van der Waals surface area contributed by atoms with Crippen LogP contribution in [0.2, 0.25) is 0 Å². The van der Waals surface area contributed by atoms with Gasteiger partial charge in [-0.3, -0.25) is 29.0 Å². The Balaban J connectivity index is 0.915. The molecule has 2 saturated heterocycles. The number of oxazole rings is 2. The van der Waals surface area contributed by atoms with E-state index in [9.17, 15) is 24.3 Å². The predicted octanol–water partition coefficient (Wildman–Crippen LogP) is 9.21. The maximum atomic E-state index is 14.9. The molecule has 296 valence electrons. The SMILES string of the molecule is O=C1[C@H]2[C@H](CC=C3[C@H]2C[C@H]2C(=O)N(c4ccc(-c5nc6ccccc6o5)cc4)C(=O)[C@H]2[C@H]3c2c(O)ccc3ccccc23)C(=O)N1c1ccc(-c2nc3ccccc3o2)cc1. The first kappa shape index (κ1) is 35.3. The summed E-state index contributed by atoms with van der Waals surface area (Å²) in [5.41, 5.74) is 6.32. The number of fused-ring (bicyclic) bond motifs is 7. The largest absolute Gasteiger partial charge is 0.508 e. The Morgan fingerprint density at radius 1 is 0.541 bits per heavy atom. The lowest BCUT2D eigenvalue weighted by Gasteiger charge is -2.44. The lowest BCUT2D eigenvalue weighted by molar-refractivity contribution is -0.126. The summed E-state index contributed by atoms with van der Waals surface area (Å²) in [7, 11) is 0. The zero-order valence-corrected chi connectivity index (χ0v) is 32.3. The second kappa shape index (κ2) is 13.2. The molecule has 1 N–H and O–H groups in total. The van der Waals surface area contributed by atoms with Gasteiger partial charge in [0.15, 0.2) is 11.2 Å². The number of rotatable bonds is 5. The Kier molecular flexibility index (Phi) is 7.62. The number of benzene rings is 6. The van der Waals surface area contributed by atoms with Gasteiger partial charge < -0.3 is 13.9 Å². The highest BCUT2D eigenvalue weighted by Crippen LogP contribution is 2.60. The second-order valence-electron chi connectivity index (χ2n) is 16.3. The monoisotopic (exact) mass is 802 g/mol. The van der Waals surface area contributed by atoms with Gasteiger partial charge in [-0.1, -0.05) is 66.2 Å². The Labute approximate surface area is 347 Å². The molecule has 1 saturated carbocycles. The third-order valence-corrected chi connectivity index (χ3v) is 13.2. The molecule has 2 aliphatic heterocycles. The van der Waals surface area contributed by atoms with Gasteiger partial charge in [0.1, 0.15) is 16.8 Å². The molecule has 0 bridgehead atoms. The summed E-state index contributed by atoms with van der Waals surface area (Å²) in [6.45, 7) is 0. The molecule has 4 amide bonds. The highest BCUT2D eigenvalue weighted by molar-refractivity contribution is 6.24. The van der Waals surface area contributed by atoms with E-state index in [1.807, 2.05) is 84.9 Å². The molecule has 2 aliphatic carbocycles. The van der Waals surface area contributed by atoms with E-state index in [1.54, 1.807) is 54.6 Å². The van der Waals surface area contributed by atoms with E-state index in [1.165, 1.54) is 9.80 Å². The van der Waals surface area contributed by atoms with Gasteiger partial charge in [0, 0.05) is 22.6 Å². The smallest absolute Gasteiger partial charge is 0.238 e. The number of aromatic hydroxyl groups is 1. The molecule has 12 rings (SSSR count). The highest BCUT2D eigenvalue weighted by atomic mass is 16.4. The van der Waals surface area contributed by atoms with E-state index >= 15 is 0 Å². The van der Waals surface area contributed by atoms with Crippen molar-refractivity contribution in [3.05, 3.63) is 151 Å². The molecule has 4 aliphatic rings. The van der Waals surface area contributed by atoms with Gasteiger partial charge in [-0.15, -0.1) is 0 Å². The number of carbonyl (C=O) groups excluding carboxylic acids is 4. The third kappa shape index (κ3) is 5.22. The van der Waals surface area contributed by atoms with Gasteiger partial charge in [0.05, 0.1) is 35.0 Å². The summed E-state index contributed by atoms with van der Waals surface area (Å²) in [6, 6.07) is 40.1. The van der Waals surface area contributed by atoms with E-state index < -0.39 is 35.5 Å². The minimum absolute atomic E-state index is 0.00185. The summed E-state index contributed by atoms with van der Waals surface area (Å²) in [6.07, 6.45) is 2.47. The highest BCUT2D eigenvalue weighted by Gasteiger charge is 2.62. The number of imide groups is 2. The Bertz CT molecular complexity index is 3140. The molecule has 3 fully saturated rings. The van der Waals surface area contributed by atoms with Crippen molar-refractivity contribution in [1.82, 2.24) is 9.97 Å². The number of hydrogen-bond donors (Lipinski definition) is 1. The fraction of sp³-hybridized carbons (Fsp3) is 0.160. The fourth-order valence-corrected chi connectivity index (χ4v) is 10.5. The van der Waals surface area contributed by atoms with E-state index in [2.05, 4.69) is 9.97 Å². The van der Waals surface area contributed by atoms with Crippen molar-refractivity contribution in [2.24, 2.45) is 29.6 Å². The lowest BCUT2D eigenvalue weighted by atomic mass is 9.56. The van der Waals surface area contributed by atoms with E-state index in [-0.39, 0.29) is 42.2 Å². The number of para-hydroxylation sites is 4. The molecular formula is C50H34N4O7. The van der Waals surface area contributed by atoms with Gasteiger partial charge in [0.25, 0.3) is 0 Å². The quantitative estimate of drug-likeness (QED) is 0.133. The zero-order chi connectivity index (χ0) is 41.1. The van der Waals surface area contributed by atoms with Gasteiger partial charge in [0.2, 0.25) is 35.4 Å². The van der Waals surface area contributed by atoms with Crippen molar-refractivity contribution >= 4 is 68.0 Å². The number of aromatic nitrogens is 2. The minimum atomic E-state index is -0.859. The van der Waals surface area contributed by atoms with Crippen LogP contribution in [0.3, 0.4) is 0 Å². The lowest BCUT2D eigenvalue weighted by Crippen LogP contribution is -2.43. The van der Waals surface area contributed by atoms with Crippen molar-refractivity contribution in [3.8, 4) is 28.7 Å². The minimum Gasteiger partial charge on any atom is -0.508 e. The second-order valence-corrected chi connectivity index (χ2v) is 16.3. The average Bonchev–Trinajstić information content (AvgIpc) is 4.05. The van der Waals surface area contributed by atoms with Crippen molar-refractivity contribution < 1.29 is 33.1 Å². The summed E-state index contributed by atoms with van der Waals surface area (Å²) in [5, 5.41) is 13.3. The van der Waals surface area contributed by atoms with Crippen LogP contribution in [0.5, 0.6) is 5.75 Å². The van der Waals surface area contributed by atoms with Crippen LogP contribution in [0.4, 0.5) is 11.4 Å². The van der Waals surface area contributed by atoms with Crippen LogP contribution in [-0.4, -0.2) is 38.7 Å². The van der Waals surface area contributed by atoms with Crippen LogP contribution in [-0.2, 0) is 19.2 Å². The van der Waals surface area contributed by atoms with E-state index in [4.69, 9.17) is 8.83 Å². The van der Waals surface area contributed by atoms with Crippen molar-refractivity contribution in [2.75, 3.05) is 9.80 Å². The first-order chi connectivity index (χ1) is 29.8. The molecule has 0 spiro atoms. The van der Waals surface area contributed by atoms with Gasteiger partial charge in [-0.2, -0.15) is 0 Å². The molecule has 4 heterocycles. The number of nitrogens with zero attached hydrogens (tertiary/aromatic N) is 4. The van der Waals surface area contributed by atoms with Crippen molar-refractivity contribution in [3.63, 3.8) is 0 Å². The zero-order valence-electron chi connectivity index (χ0n) is 32.3. The first-order valence-electron chi connectivity index (χ1n) is 20.4. The molecule has 11 nitrogen and oxygen atoms in total. The van der Waals surface area contributed by atoms with Crippen LogP contribution in [0, 0.1) is 29.6 Å². The number of carbonyl (C=O) groups is 4. The predicted molar refractivity (Wildman–Crippen MR) is 227 cm³/mol. The first-order valence-corrected chi connectivity index (χ1v) is 20.4. The number of anilines is 2. The Morgan fingerprint density at radius 3 is 1.69 bits per heavy atom. The number of phenolic OH excluding ortho intramolecular Hbond substituents is 1. The molecule has 11 heteroatoms. The van der Waals surface area contributed by atoms with E-state index in [0.29, 0.717) is 51.0 Å². The summed E-state index contributed by atoms with van der Waals surface area (Å²) in [5.74, 6) is -4.92. The molecule has 0 radical (unpaired) electrons. The molecule has 2 aromatic heterocycles. The molecule has 8 aromatic rings. The molecule has 6 atom stereocenters. The number of phenols is 1. The van der Waals surface area contributed by atoms with Crippen LogP contribution >= 0.6 is 0 Å². The third-order valence-electron chi connectivity index (χ3n) is 13.2. The number of allylic oxidation sites excluding steroid dienone is 2. The number of hydrogen-bond acceptors (Lipinski definition) is 9.